The number of halogens is 1. The van der Waals surface area contributed by atoms with Crippen LogP contribution in [0.5, 0.6) is 11.5 Å². The van der Waals surface area contributed by atoms with Gasteiger partial charge in [0.15, 0.2) is 5.82 Å². The van der Waals surface area contributed by atoms with Crippen LogP contribution in [-0.2, 0) is 4.79 Å². The predicted molar refractivity (Wildman–Crippen MR) is 131 cm³/mol. The minimum Gasteiger partial charge on any atom is -0.455 e. The predicted octanol–water partition coefficient (Wildman–Crippen LogP) is 4.80. The van der Waals surface area contributed by atoms with Gasteiger partial charge in [0.2, 0.25) is 17.6 Å². The van der Waals surface area contributed by atoms with Crippen molar-refractivity contribution in [3.8, 4) is 34.5 Å². The average Bonchev–Trinajstić information content (AvgIpc) is 3.62. The Hall–Kier alpha value is -4.67. The molecule has 37 heavy (non-hydrogen) atoms. The normalized spacial score (nSPS) is 17.4. The first-order valence-corrected chi connectivity index (χ1v) is 11.8. The van der Waals surface area contributed by atoms with Crippen LogP contribution in [0.1, 0.15) is 30.8 Å². The first-order valence-electron chi connectivity index (χ1n) is 11.8. The van der Waals surface area contributed by atoms with Crippen LogP contribution < -0.4 is 4.74 Å². The smallest absolute Gasteiger partial charge is 0.223 e. The molecule has 1 saturated heterocycles. The van der Waals surface area contributed by atoms with E-state index in [2.05, 4.69) is 30.1 Å². The lowest BCUT2D eigenvalue weighted by molar-refractivity contribution is -0.130. The van der Waals surface area contributed by atoms with Crippen molar-refractivity contribution in [1.82, 2.24) is 35.0 Å². The Bertz CT molecular complexity index is 1580. The summed E-state index contributed by atoms with van der Waals surface area (Å²) in [7, 11) is 0. The summed E-state index contributed by atoms with van der Waals surface area (Å²) in [6, 6.07) is 11.7. The van der Waals surface area contributed by atoms with E-state index in [1.807, 2.05) is 18.2 Å². The summed E-state index contributed by atoms with van der Waals surface area (Å²) in [4.78, 5) is 34.7. The minimum absolute atomic E-state index is 0.198. The fourth-order valence-corrected chi connectivity index (χ4v) is 4.57. The topological polar surface area (TPSA) is 123 Å². The Balaban J connectivity index is 1.42. The van der Waals surface area contributed by atoms with E-state index in [1.54, 1.807) is 37.4 Å². The van der Waals surface area contributed by atoms with Gasteiger partial charge in [-0.1, -0.05) is 11.2 Å². The Kier molecular flexibility index (Phi) is 5.59. The molecule has 1 aliphatic rings. The molecule has 0 radical (unpaired) electrons. The van der Waals surface area contributed by atoms with Gasteiger partial charge in [0.25, 0.3) is 0 Å². The molecule has 0 aliphatic carbocycles. The third-order valence-corrected chi connectivity index (χ3v) is 6.29. The second-order valence-corrected chi connectivity index (χ2v) is 8.79. The molecule has 11 heteroatoms. The zero-order valence-electron chi connectivity index (χ0n) is 20.1. The molecular formula is C26H22FN7O3. The van der Waals surface area contributed by atoms with Crippen LogP contribution in [0, 0.1) is 6.92 Å². The van der Waals surface area contributed by atoms with Crippen molar-refractivity contribution in [2.24, 2.45) is 0 Å². The van der Waals surface area contributed by atoms with Crippen LogP contribution in [0.15, 0.2) is 59.4 Å². The second kappa shape index (κ2) is 9.08. The zero-order chi connectivity index (χ0) is 25.5. The summed E-state index contributed by atoms with van der Waals surface area (Å²) in [5.41, 5.74) is 3.05. The largest absolute Gasteiger partial charge is 0.455 e. The van der Waals surface area contributed by atoms with Gasteiger partial charge < -0.3 is 19.1 Å². The van der Waals surface area contributed by atoms with E-state index in [1.165, 1.54) is 18.0 Å². The Morgan fingerprint density at radius 2 is 2.05 bits per heavy atom. The number of alkyl halides is 1. The summed E-state index contributed by atoms with van der Waals surface area (Å²) < 4.78 is 26.4. The number of pyridine rings is 2. The molecule has 1 aromatic carbocycles. The number of hydrogen-bond acceptors (Lipinski definition) is 8. The van der Waals surface area contributed by atoms with Gasteiger partial charge in [0.1, 0.15) is 29.1 Å². The first kappa shape index (κ1) is 22.8. The number of aryl methyl sites for hydroxylation is 1. The molecule has 5 heterocycles. The zero-order valence-corrected chi connectivity index (χ0v) is 20.1. The van der Waals surface area contributed by atoms with Crippen LogP contribution >= 0.6 is 0 Å². The molecule has 2 unspecified atom stereocenters. The number of rotatable bonds is 5. The van der Waals surface area contributed by atoms with E-state index in [0.717, 1.165) is 0 Å². The number of nitrogens with one attached hydrogen (secondary N) is 1. The quantitative estimate of drug-likeness (QED) is 0.366. The molecule has 6 rings (SSSR count). The van der Waals surface area contributed by atoms with Crippen molar-refractivity contribution < 1.29 is 18.4 Å². The summed E-state index contributed by atoms with van der Waals surface area (Å²) in [6.45, 7) is 3.48. The Labute approximate surface area is 210 Å². The summed E-state index contributed by atoms with van der Waals surface area (Å²) >= 11 is 0. The highest BCUT2D eigenvalue weighted by Crippen LogP contribution is 2.42. The number of hydrogen-bond donors (Lipinski definition) is 1. The molecule has 0 bridgehead atoms. The van der Waals surface area contributed by atoms with Gasteiger partial charge in [-0.2, -0.15) is 4.98 Å². The number of likely N-dealkylation sites (tertiary alicyclic amines) is 1. The van der Waals surface area contributed by atoms with Crippen LogP contribution in [0.25, 0.3) is 34.1 Å². The first-order chi connectivity index (χ1) is 18.0. The van der Waals surface area contributed by atoms with Gasteiger partial charge in [-0.3, -0.25) is 9.78 Å². The number of fused-ring (bicyclic) bond motifs is 1. The standard InChI is InChI=1S/C26H22FN7O3/c1-14-30-26(33-37-14)20-7-6-16(13-29-20)36-23-12-22-21(31-25(32-22)19-5-3-4-9-28-19)11-17(23)24-18(27)8-10-34(24)15(2)35/h3-7,9,11-13,18,24H,8,10H2,1-2H3,(H,31,32). The van der Waals surface area contributed by atoms with Crippen LogP contribution in [0.3, 0.4) is 0 Å². The van der Waals surface area contributed by atoms with Gasteiger partial charge >= 0.3 is 0 Å². The molecule has 0 saturated carbocycles. The fraction of sp³-hybridized carbons (Fsp3) is 0.231. The maximum atomic E-state index is 15.2. The maximum Gasteiger partial charge on any atom is 0.223 e. The Morgan fingerprint density at radius 1 is 1.16 bits per heavy atom. The van der Waals surface area contributed by atoms with Crippen molar-refractivity contribution in [3.63, 3.8) is 0 Å². The lowest BCUT2D eigenvalue weighted by atomic mass is 10.0. The van der Waals surface area contributed by atoms with Crippen LogP contribution in [0.2, 0.25) is 0 Å². The molecule has 0 spiro atoms. The second-order valence-electron chi connectivity index (χ2n) is 8.79. The van der Waals surface area contributed by atoms with Gasteiger partial charge in [0.05, 0.1) is 23.3 Å². The van der Waals surface area contributed by atoms with Crippen molar-refractivity contribution in [3.05, 3.63) is 66.3 Å². The number of ether oxygens (including phenoxy) is 1. The summed E-state index contributed by atoms with van der Waals surface area (Å²) in [6.07, 6.45) is 2.24. The van der Waals surface area contributed by atoms with Crippen molar-refractivity contribution >= 4 is 16.9 Å². The number of H-pyrrole nitrogens is 1. The highest BCUT2D eigenvalue weighted by Gasteiger charge is 2.39. The maximum absolute atomic E-state index is 15.2. The van der Waals surface area contributed by atoms with Gasteiger partial charge in [-0.05, 0) is 36.8 Å². The lowest BCUT2D eigenvalue weighted by Gasteiger charge is -2.26. The molecule has 1 fully saturated rings. The number of benzene rings is 1. The van der Waals surface area contributed by atoms with E-state index in [4.69, 9.17) is 9.26 Å². The number of aromatic nitrogens is 6. The Morgan fingerprint density at radius 3 is 2.76 bits per heavy atom. The highest BCUT2D eigenvalue weighted by molar-refractivity contribution is 5.82. The number of nitrogens with zero attached hydrogens (tertiary/aromatic N) is 6. The van der Waals surface area contributed by atoms with E-state index in [-0.39, 0.29) is 12.3 Å². The average molecular weight is 500 g/mol. The summed E-state index contributed by atoms with van der Waals surface area (Å²) in [5, 5.41) is 3.88. The van der Waals surface area contributed by atoms with E-state index < -0.39 is 12.2 Å². The third kappa shape index (κ3) is 4.28. The molecule has 5 aromatic rings. The van der Waals surface area contributed by atoms with Gasteiger partial charge in [-0.25, -0.2) is 14.4 Å². The van der Waals surface area contributed by atoms with Crippen molar-refractivity contribution in [1.29, 1.82) is 0 Å². The van der Waals surface area contributed by atoms with Gasteiger partial charge in [0, 0.05) is 38.2 Å². The van der Waals surface area contributed by atoms with Crippen LogP contribution in [0.4, 0.5) is 4.39 Å². The molecule has 4 aromatic heterocycles. The van der Waals surface area contributed by atoms with Crippen LogP contribution in [-0.4, -0.2) is 53.6 Å². The number of aromatic amines is 1. The summed E-state index contributed by atoms with van der Waals surface area (Å²) in [5.74, 6) is 1.99. The molecule has 1 amide bonds. The monoisotopic (exact) mass is 499 g/mol. The lowest BCUT2D eigenvalue weighted by Crippen LogP contribution is -2.30. The number of carbonyl (C=O) groups is 1. The number of amides is 1. The van der Waals surface area contributed by atoms with Gasteiger partial charge in [-0.15, -0.1) is 0 Å². The van der Waals surface area contributed by atoms with E-state index in [9.17, 15) is 4.79 Å². The highest BCUT2D eigenvalue weighted by atomic mass is 19.1. The van der Waals surface area contributed by atoms with Crippen molar-refractivity contribution in [2.75, 3.05) is 6.54 Å². The molecule has 186 valence electrons. The van der Waals surface area contributed by atoms with Crippen molar-refractivity contribution in [2.45, 2.75) is 32.5 Å². The molecule has 10 nitrogen and oxygen atoms in total. The fourth-order valence-electron chi connectivity index (χ4n) is 4.57. The number of imidazole rings is 1. The molecule has 1 N–H and O–H groups in total. The van der Waals surface area contributed by atoms with E-state index in [0.29, 0.717) is 63.6 Å². The third-order valence-electron chi connectivity index (χ3n) is 6.29. The molecule has 1 aliphatic heterocycles. The minimum atomic E-state index is -1.23. The van der Waals surface area contributed by atoms with E-state index >= 15 is 4.39 Å². The number of carbonyl (C=O) groups excluding carboxylic acids is 1. The molecule has 2 atom stereocenters. The SMILES string of the molecule is CC(=O)N1CCC(F)C1c1cc2[nH]c(-c3ccccn3)nc2cc1Oc1ccc(-c2noc(C)n2)nc1. The molecular weight excluding hydrogens is 477 g/mol.